The SMILES string of the molecule is O=C(CC1CS(=O)(=O)CCN1)NCCCOCCO. The first-order chi connectivity index (χ1) is 9.03. The van der Waals surface area contributed by atoms with Crippen molar-refractivity contribution in [2.45, 2.75) is 18.9 Å². The Morgan fingerprint density at radius 1 is 1.42 bits per heavy atom. The van der Waals surface area contributed by atoms with Crippen LogP contribution in [0.4, 0.5) is 0 Å². The summed E-state index contributed by atoms with van der Waals surface area (Å²) >= 11 is 0. The third-order valence-corrected chi connectivity index (χ3v) is 4.49. The van der Waals surface area contributed by atoms with Gasteiger partial charge in [-0.25, -0.2) is 8.42 Å². The Bertz CT molecular complexity index is 371. The van der Waals surface area contributed by atoms with E-state index in [0.29, 0.717) is 32.7 Å². The highest BCUT2D eigenvalue weighted by Crippen LogP contribution is 2.04. The van der Waals surface area contributed by atoms with E-state index in [0.717, 1.165) is 0 Å². The Kier molecular flexibility index (Phi) is 7.29. The number of nitrogens with one attached hydrogen (secondary N) is 2. The van der Waals surface area contributed by atoms with Gasteiger partial charge in [0.1, 0.15) is 0 Å². The largest absolute Gasteiger partial charge is 0.394 e. The predicted octanol–water partition coefficient (Wildman–Crippen LogP) is -1.72. The molecule has 1 fully saturated rings. The van der Waals surface area contributed by atoms with Crippen LogP contribution in [0.2, 0.25) is 0 Å². The molecule has 8 heteroatoms. The second-order valence-electron chi connectivity index (χ2n) is 4.51. The molecule has 0 radical (unpaired) electrons. The quantitative estimate of drug-likeness (QED) is 0.460. The van der Waals surface area contributed by atoms with Gasteiger partial charge in [-0.15, -0.1) is 0 Å². The summed E-state index contributed by atoms with van der Waals surface area (Å²) in [6, 6.07) is -0.288. The Labute approximate surface area is 113 Å². The number of carbonyl (C=O) groups is 1. The van der Waals surface area contributed by atoms with Crippen molar-refractivity contribution < 1.29 is 23.1 Å². The number of sulfone groups is 1. The van der Waals surface area contributed by atoms with E-state index >= 15 is 0 Å². The number of aliphatic hydroxyl groups is 1. The number of hydrogen-bond donors (Lipinski definition) is 3. The Morgan fingerprint density at radius 2 is 2.21 bits per heavy atom. The zero-order chi connectivity index (χ0) is 14.1. The molecule has 19 heavy (non-hydrogen) atoms. The predicted molar refractivity (Wildman–Crippen MR) is 70.6 cm³/mol. The smallest absolute Gasteiger partial charge is 0.221 e. The number of amides is 1. The van der Waals surface area contributed by atoms with Gasteiger partial charge in [-0.2, -0.15) is 0 Å². The third-order valence-electron chi connectivity index (χ3n) is 2.76. The molecule has 1 unspecified atom stereocenters. The second-order valence-corrected chi connectivity index (χ2v) is 6.74. The van der Waals surface area contributed by atoms with Gasteiger partial charge in [-0.1, -0.05) is 0 Å². The van der Waals surface area contributed by atoms with Crippen LogP contribution in [0, 0.1) is 0 Å². The van der Waals surface area contributed by atoms with Gasteiger partial charge in [0.15, 0.2) is 9.84 Å². The van der Waals surface area contributed by atoms with Crippen LogP contribution in [-0.4, -0.2) is 69.9 Å². The molecule has 1 saturated heterocycles. The highest BCUT2D eigenvalue weighted by atomic mass is 32.2. The topological polar surface area (TPSA) is 105 Å². The van der Waals surface area contributed by atoms with E-state index in [-0.39, 0.29) is 36.5 Å². The second kappa shape index (κ2) is 8.47. The van der Waals surface area contributed by atoms with Crippen molar-refractivity contribution in [3.05, 3.63) is 0 Å². The van der Waals surface area contributed by atoms with E-state index < -0.39 is 9.84 Å². The van der Waals surface area contributed by atoms with Crippen molar-refractivity contribution in [3.63, 3.8) is 0 Å². The van der Waals surface area contributed by atoms with E-state index in [1.54, 1.807) is 0 Å². The number of aliphatic hydroxyl groups excluding tert-OH is 1. The van der Waals surface area contributed by atoms with Crippen molar-refractivity contribution in [1.82, 2.24) is 10.6 Å². The summed E-state index contributed by atoms with van der Waals surface area (Å²) in [5, 5.41) is 14.2. The maximum atomic E-state index is 11.6. The van der Waals surface area contributed by atoms with E-state index in [1.165, 1.54) is 0 Å². The summed E-state index contributed by atoms with van der Waals surface area (Å²) in [6.45, 7) is 1.68. The van der Waals surface area contributed by atoms with Gasteiger partial charge in [-0.05, 0) is 6.42 Å². The first kappa shape index (κ1) is 16.4. The van der Waals surface area contributed by atoms with Crippen LogP contribution in [-0.2, 0) is 19.4 Å². The average Bonchev–Trinajstić information content (AvgIpc) is 2.32. The van der Waals surface area contributed by atoms with Gasteiger partial charge in [0.2, 0.25) is 5.91 Å². The van der Waals surface area contributed by atoms with E-state index in [1.807, 2.05) is 0 Å². The average molecular weight is 294 g/mol. The molecule has 7 nitrogen and oxygen atoms in total. The van der Waals surface area contributed by atoms with Crippen molar-refractivity contribution in [2.75, 3.05) is 44.4 Å². The molecule has 0 bridgehead atoms. The monoisotopic (exact) mass is 294 g/mol. The van der Waals surface area contributed by atoms with Crippen LogP contribution < -0.4 is 10.6 Å². The molecule has 1 rings (SSSR count). The molecular formula is C11H22N2O5S. The minimum Gasteiger partial charge on any atom is -0.394 e. The normalized spacial score (nSPS) is 22.1. The first-order valence-corrected chi connectivity index (χ1v) is 8.25. The van der Waals surface area contributed by atoms with Crippen LogP contribution in [0.5, 0.6) is 0 Å². The van der Waals surface area contributed by atoms with Crippen LogP contribution in [0.15, 0.2) is 0 Å². The third kappa shape index (κ3) is 7.46. The first-order valence-electron chi connectivity index (χ1n) is 6.42. The Morgan fingerprint density at radius 3 is 2.89 bits per heavy atom. The molecule has 3 N–H and O–H groups in total. The highest BCUT2D eigenvalue weighted by molar-refractivity contribution is 7.91. The van der Waals surface area contributed by atoms with Gasteiger partial charge in [0, 0.05) is 32.2 Å². The summed E-state index contributed by atoms with van der Waals surface area (Å²) in [7, 11) is -3.00. The molecule has 0 saturated carbocycles. The molecule has 1 amide bonds. The summed E-state index contributed by atoms with van der Waals surface area (Å²) in [5.41, 5.74) is 0. The number of carbonyl (C=O) groups excluding carboxylic acids is 1. The van der Waals surface area contributed by atoms with Crippen LogP contribution in [0.1, 0.15) is 12.8 Å². The molecule has 112 valence electrons. The van der Waals surface area contributed by atoms with Gasteiger partial charge in [0.05, 0.1) is 24.7 Å². The lowest BCUT2D eigenvalue weighted by Crippen LogP contribution is -2.47. The fraction of sp³-hybridized carbons (Fsp3) is 0.909. The zero-order valence-electron chi connectivity index (χ0n) is 10.9. The molecule has 1 heterocycles. The van der Waals surface area contributed by atoms with Crippen LogP contribution in [0.25, 0.3) is 0 Å². The lowest BCUT2D eigenvalue weighted by atomic mass is 10.2. The van der Waals surface area contributed by atoms with Crippen molar-refractivity contribution >= 4 is 15.7 Å². The Balaban J connectivity index is 2.10. The van der Waals surface area contributed by atoms with Gasteiger partial charge >= 0.3 is 0 Å². The fourth-order valence-corrected chi connectivity index (χ4v) is 3.31. The molecule has 0 aromatic heterocycles. The summed E-state index contributed by atoms with van der Waals surface area (Å²) in [5.74, 6) is 0.0182. The lowest BCUT2D eigenvalue weighted by Gasteiger charge is -2.23. The Hall–Kier alpha value is -0.700. The van der Waals surface area contributed by atoms with E-state index in [4.69, 9.17) is 9.84 Å². The number of rotatable bonds is 8. The lowest BCUT2D eigenvalue weighted by molar-refractivity contribution is -0.121. The maximum absolute atomic E-state index is 11.6. The number of hydrogen-bond acceptors (Lipinski definition) is 6. The van der Waals surface area contributed by atoms with Crippen molar-refractivity contribution in [2.24, 2.45) is 0 Å². The van der Waals surface area contributed by atoms with Crippen LogP contribution >= 0.6 is 0 Å². The van der Waals surface area contributed by atoms with E-state index in [9.17, 15) is 13.2 Å². The van der Waals surface area contributed by atoms with Crippen LogP contribution in [0.3, 0.4) is 0 Å². The number of ether oxygens (including phenoxy) is 1. The maximum Gasteiger partial charge on any atom is 0.221 e. The molecule has 0 aromatic carbocycles. The van der Waals surface area contributed by atoms with Crippen molar-refractivity contribution in [1.29, 1.82) is 0 Å². The fourth-order valence-electron chi connectivity index (χ4n) is 1.86. The molecule has 0 aliphatic carbocycles. The molecule has 0 spiro atoms. The summed E-state index contributed by atoms with van der Waals surface area (Å²) in [4.78, 5) is 11.6. The highest BCUT2D eigenvalue weighted by Gasteiger charge is 2.25. The minimum absolute atomic E-state index is 0.00577. The standard InChI is InChI=1S/C11H22N2O5S/c14-4-6-18-5-1-2-13-11(15)8-10-9-19(16,17)7-3-12-10/h10,12,14H,1-9H2,(H,13,15). The zero-order valence-corrected chi connectivity index (χ0v) is 11.7. The van der Waals surface area contributed by atoms with Crippen molar-refractivity contribution in [3.8, 4) is 0 Å². The van der Waals surface area contributed by atoms with Gasteiger partial charge in [0.25, 0.3) is 0 Å². The minimum atomic E-state index is -3.00. The summed E-state index contributed by atoms with van der Waals surface area (Å²) < 4.78 is 27.8. The molecule has 0 aromatic rings. The molecule has 1 aliphatic rings. The van der Waals surface area contributed by atoms with Gasteiger partial charge < -0.3 is 20.5 Å². The molecular weight excluding hydrogens is 272 g/mol. The van der Waals surface area contributed by atoms with Gasteiger partial charge in [-0.3, -0.25) is 4.79 Å². The van der Waals surface area contributed by atoms with E-state index in [2.05, 4.69) is 10.6 Å². The molecule has 1 aliphatic heterocycles. The molecule has 1 atom stereocenters. The summed E-state index contributed by atoms with van der Waals surface area (Å²) in [6.07, 6.45) is 0.846.